The zero-order valence-electron chi connectivity index (χ0n) is 31.4. The fourth-order valence-corrected chi connectivity index (χ4v) is 13.4. The number of thiocarbonyl (C=S) groups is 1. The fraction of sp³-hybridized carbons (Fsp3) is 0.825. The molecule has 1 heterocycles. The van der Waals surface area contributed by atoms with Gasteiger partial charge in [0.05, 0.1) is 24.0 Å². The second-order valence-electron chi connectivity index (χ2n) is 18.5. The van der Waals surface area contributed by atoms with E-state index < -0.39 is 0 Å². The zero-order chi connectivity index (χ0) is 35.6. The van der Waals surface area contributed by atoms with Gasteiger partial charge in [0.2, 0.25) is 5.91 Å². The van der Waals surface area contributed by atoms with E-state index in [0.29, 0.717) is 41.3 Å². The smallest absolute Gasteiger partial charge is 0.335 e. The second kappa shape index (κ2) is 13.0. The summed E-state index contributed by atoms with van der Waals surface area (Å²) < 4.78 is 6.21. The van der Waals surface area contributed by atoms with Crippen molar-refractivity contribution < 1.29 is 24.0 Å². The number of thioether (sulfide) groups is 1. The van der Waals surface area contributed by atoms with E-state index >= 15 is 0 Å². The Morgan fingerprint density at radius 3 is 2.41 bits per heavy atom. The lowest BCUT2D eigenvalue weighted by molar-refractivity contribution is -0.181. The highest BCUT2D eigenvalue weighted by molar-refractivity contribution is 8.23. The number of rotatable bonds is 8. The van der Waals surface area contributed by atoms with E-state index in [0.717, 1.165) is 82.8 Å². The first-order valence-corrected chi connectivity index (χ1v) is 20.4. The monoisotopic (exact) mass is 712 g/mol. The lowest BCUT2D eigenvalue weighted by Gasteiger charge is -2.70. The standard InChI is InChI=1S/C40H60N2O5S2/c1-35(2)19-21-40(33(45)46-8)22-20-38(6)26(27(40)24-35)13-14-29-37(5)17-16-30(36(3,4)28(37)15-18-39(29,38)7)41-47-32(44)12-10-9-11-23-42-31(43)25-49-34(42)48/h13,27-29H,9-12,14-25H2,1-8H3/b41-30+/t27?,28?,29?,37-,38+,39+,40-/m1/s1. The molecular formula is C40H60N2O5S2. The maximum atomic E-state index is 13.5. The van der Waals surface area contributed by atoms with E-state index in [9.17, 15) is 14.4 Å². The van der Waals surface area contributed by atoms with Crippen LogP contribution in [0.4, 0.5) is 0 Å². The number of oxime groups is 1. The number of unbranched alkanes of at least 4 members (excludes halogenated alkanes) is 2. The minimum Gasteiger partial charge on any atom is -0.469 e. The molecule has 3 unspecified atom stereocenters. The van der Waals surface area contributed by atoms with Gasteiger partial charge in [-0.05, 0) is 116 Å². The molecule has 5 fully saturated rings. The molecule has 6 rings (SSSR count). The number of carbonyl (C=O) groups excluding carboxylic acids is 3. The van der Waals surface area contributed by atoms with Crippen LogP contribution >= 0.6 is 24.0 Å². The average Bonchev–Trinajstić information content (AvgIpc) is 3.36. The van der Waals surface area contributed by atoms with Crippen molar-refractivity contribution in [1.29, 1.82) is 0 Å². The van der Waals surface area contributed by atoms with Gasteiger partial charge >= 0.3 is 11.9 Å². The molecule has 0 bridgehead atoms. The quantitative estimate of drug-likeness (QED) is 0.0620. The molecule has 7 nitrogen and oxygen atoms in total. The molecule has 9 heteroatoms. The number of amides is 1. The second-order valence-corrected chi connectivity index (χ2v) is 20.1. The third-order valence-corrected chi connectivity index (χ3v) is 16.8. The van der Waals surface area contributed by atoms with Crippen LogP contribution in [-0.4, -0.2) is 52.2 Å². The van der Waals surface area contributed by atoms with Gasteiger partial charge in [-0.2, -0.15) is 0 Å². The number of fused-ring (bicyclic) bond motifs is 7. The van der Waals surface area contributed by atoms with Crippen LogP contribution < -0.4 is 0 Å². The predicted octanol–water partition coefficient (Wildman–Crippen LogP) is 9.28. The third kappa shape index (κ3) is 5.96. The molecule has 1 aliphatic heterocycles. The molecule has 1 amide bonds. The van der Waals surface area contributed by atoms with Crippen LogP contribution in [0, 0.1) is 50.2 Å². The molecule has 1 saturated heterocycles. The van der Waals surface area contributed by atoms with E-state index in [-0.39, 0.29) is 56.3 Å². The molecule has 0 radical (unpaired) electrons. The largest absolute Gasteiger partial charge is 0.469 e. The number of esters is 1. The predicted molar refractivity (Wildman–Crippen MR) is 200 cm³/mol. The van der Waals surface area contributed by atoms with Gasteiger partial charge in [0.25, 0.3) is 0 Å². The lowest BCUT2D eigenvalue weighted by atomic mass is 9.33. The molecule has 0 spiro atoms. The molecule has 4 saturated carbocycles. The maximum absolute atomic E-state index is 13.5. The van der Waals surface area contributed by atoms with Crippen LogP contribution in [0.5, 0.6) is 0 Å². The minimum atomic E-state index is -0.378. The first-order chi connectivity index (χ1) is 22.9. The van der Waals surface area contributed by atoms with Gasteiger partial charge < -0.3 is 9.57 Å². The summed E-state index contributed by atoms with van der Waals surface area (Å²) in [6.07, 6.45) is 15.6. The first kappa shape index (κ1) is 37.0. The van der Waals surface area contributed by atoms with Gasteiger partial charge in [-0.1, -0.05) is 95.7 Å². The number of methoxy groups -OCH3 is 1. The summed E-state index contributed by atoms with van der Waals surface area (Å²) in [5.74, 6) is 1.52. The van der Waals surface area contributed by atoms with Crippen LogP contribution in [0.25, 0.3) is 0 Å². The SMILES string of the molecule is COC(=O)[C@@]12CCC(C)(C)CC1C1=CCC3[C@]4(C)CC/C(=N\OC(=O)CCCCCN5C(=O)CSC5=S)C(C)(C)C4CC[C@]3(C)[C@@]1(C)CC2. The molecule has 0 aromatic rings. The van der Waals surface area contributed by atoms with Gasteiger partial charge in [0.15, 0.2) is 0 Å². The number of nitrogens with zero attached hydrogens (tertiary/aromatic N) is 2. The summed E-state index contributed by atoms with van der Waals surface area (Å²) in [7, 11) is 1.58. The van der Waals surface area contributed by atoms with Crippen molar-refractivity contribution in [1.82, 2.24) is 4.90 Å². The topological polar surface area (TPSA) is 85.3 Å². The molecule has 5 aliphatic carbocycles. The molecule has 0 N–H and O–H groups in total. The van der Waals surface area contributed by atoms with Crippen LogP contribution in [0.15, 0.2) is 16.8 Å². The van der Waals surface area contributed by atoms with Crippen molar-refractivity contribution in [3.8, 4) is 0 Å². The van der Waals surface area contributed by atoms with Gasteiger partial charge in [-0.15, -0.1) is 0 Å². The Kier molecular flexibility index (Phi) is 9.85. The zero-order valence-corrected chi connectivity index (χ0v) is 33.0. The van der Waals surface area contributed by atoms with Crippen molar-refractivity contribution in [3.05, 3.63) is 11.6 Å². The Morgan fingerprint density at radius 2 is 1.71 bits per heavy atom. The van der Waals surface area contributed by atoms with Crippen LogP contribution in [-0.2, 0) is 24.0 Å². The van der Waals surface area contributed by atoms with Gasteiger partial charge in [-0.25, -0.2) is 4.79 Å². The third-order valence-electron chi connectivity index (χ3n) is 15.4. The normalized spacial score (nSPS) is 40.1. The van der Waals surface area contributed by atoms with Crippen LogP contribution in [0.1, 0.15) is 138 Å². The molecular weight excluding hydrogens is 653 g/mol. The Morgan fingerprint density at radius 1 is 0.980 bits per heavy atom. The minimum absolute atomic E-state index is 0.0139. The average molecular weight is 713 g/mol. The number of hydrogen-bond acceptors (Lipinski definition) is 8. The van der Waals surface area contributed by atoms with E-state index in [4.69, 9.17) is 21.8 Å². The number of ether oxygens (including phenoxy) is 1. The summed E-state index contributed by atoms with van der Waals surface area (Å²) in [6.45, 7) is 17.8. The highest BCUT2D eigenvalue weighted by Crippen LogP contribution is 2.75. The summed E-state index contributed by atoms with van der Waals surface area (Å²) in [4.78, 5) is 45.5. The van der Waals surface area contributed by atoms with Gasteiger partial charge in [0.1, 0.15) is 4.32 Å². The highest BCUT2D eigenvalue weighted by Gasteiger charge is 2.69. The van der Waals surface area contributed by atoms with Crippen LogP contribution in [0.2, 0.25) is 0 Å². The highest BCUT2D eigenvalue weighted by atomic mass is 32.2. The summed E-state index contributed by atoms with van der Waals surface area (Å²) in [5, 5.41) is 4.57. The molecule has 49 heavy (non-hydrogen) atoms. The van der Waals surface area contributed by atoms with Gasteiger partial charge in [0, 0.05) is 18.4 Å². The van der Waals surface area contributed by atoms with Crippen LogP contribution in [0.3, 0.4) is 0 Å². The molecule has 6 aliphatic rings. The number of allylic oxidation sites excluding steroid dienone is 2. The van der Waals surface area contributed by atoms with E-state index in [2.05, 4.69) is 59.7 Å². The van der Waals surface area contributed by atoms with Crippen molar-refractivity contribution in [2.24, 2.45) is 55.4 Å². The first-order valence-electron chi connectivity index (χ1n) is 19.0. The number of hydrogen-bond donors (Lipinski definition) is 0. The van der Waals surface area contributed by atoms with Crippen molar-refractivity contribution >= 4 is 51.9 Å². The number of carbonyl (C=O) groups is 3. The van der Waals surface area contributed by atoms with Crippen molar-refractivity contribution in [2.75, 3.05) is 19.4 Å². The summed E-state index contributed by atoms with van der Waals surface area (Å²) in [6, 6.07) is 0. The molecule has 0 aromatic carbocycles. The lowest BCUT2D eigenvalue weighted by Crippen LogP contribution is -2.64. The Bertz CT molecular complexity index is 1440. The summed E-state index contributed by atoms with van der Waals surface area (Å²) >= 11 is 6.68. The fourth-order valence-electron chi connectivity index (χ4n) is 12.3. The molecule has 0 aromatic heterocycles. The molecule has 7 atom stereocenters. The summed E-state index contributed by atoms with van der Waals surface area (Å²) in [5.41, 5.74) is 2.61. The van der Waals surface area contributed by atoms with Gasteiger partial charge in [-0.3, -0.25) is 14.5 Å². The van der Waals surface area contributed by atoms with E-state index in [1.54, 1.807) is 17.6 Å². The Labute approximate surface area is 304 Å². The van der Waals surface area contributed by atoms with E-state index in [1.165, 1.54) is 11.8 Å². The van der Waals surface area contributed by atoms with E-state index in [1.807, 2.05) is 0 Å². The van der Waals surface area contributed by atoms with Crippen molar-refractivity contribution in [3.63, 3.8) is 0 Å². The molecule has 272 valence electrons. The maximum Gasteiger partial charge on any atom is 0.335 e. The Hall–Kier alpha value is -1.74. The Balaban J connectivity index is 1.14. The van der Waals surface area contributed by atoms with Crippen molar-refractivity contribution in [2.45, 2.75) is 138 Å².